The number of hydrogen-bond donors (Lipinski definition) is 1. The predicted molar refractivity (Wildman–Crippen MR) is 64.8 cm³/mol. The maximum Gasteiger partial charge on any atom is 0.321 e. The van der Waals surface area contributed by atoms with Crippen molar-refractivity contribution in [3.8, 4) is 0 Å². The normalized spacial score (nSPS) is 19.2. The molecular formula is C12H21N3O2. The Morgan fingerprint density at radius 1 is 1.41 bits per heavy atom. The second-order valence-electron chi connectivity index (χ2n) is 4.54. The van der Waals surface area contributed by atoms with Crippen molar-refractivity contribution in [2.75, 3.05) is 19.0 Å². The van der Waals surface area contributed by atoms with E-state index in [0.29, 0.717) is 17.8 Å². The van der Waals surface area contributed by atoms with Crippen LogP contribution >= 0.6 is 0 Å². The molecule has 17 heavy (non-hydrogen) atoms. The Morgan fingerprint density at radius 3 is 2.82 bits per heavy atom. The van der Waals surface area contributed by atoms with Crippen LogP contribution in [0.1, 0.15) is 51.0 Å². The van der Waals surface area contributed by atoms with Crippen molar-refractivity contribution in [2.24, 2.45) is 5.92 Å². The van der Waals surface area contributed by atoms with Gasteiger partial charge in [0.2, 0.25) is 5.82 Å². The number of nitrogens with one attached hydrogen (secondary N) is 1. The highest BCUT2D eigenvalue weighted by molar-refractivity contribution is 5.18. The molecule has 1 unspecified atom stereocenters. The van der Waals surface area contributed by atoms with E-state index in [1.54, 1.807) is 7.11 Å². The highest BCUT2D eigenvalue weighted by Gasteiger charge is 2.28. The molecule has 5 heteroatoms. The number of hydrogen-bond acceptors (Lipinski definition) is 5. The Hall–Kier alpha value is -1.10. The van der Waals surface area contributed by atoms with E-state index in [0.717, 1.165) is 6.54 Å². The second kappa shape index (κ2) is 6.00. The molecule has 1 saturated carbocycles. The van der Waals surface area contributed by atoms with Crippen LogP contribution in [0.25, 0.3) is 0 Å². The van der Waals surface area contributed by atoms with E-state index in [1.165, 1.54) is 32.1 Å². The number of nitrogens with zero attached hydrogens (tertiary/aromatic N) is 2. The van der Waals surface area contributed by atoms with Gasteiger partial charge < -0.3 is 14.6 Å². The zero-order chi connectivity index (χ0) is 12.1. The van der Waals surface area contributed by atoms with E-state index in [4.69, 9.17) is 9.26 Å². The van der Waals surface area contributed by atoms with Crippen LogP contribution in [0.2, 0.25) is 0 Å². The first-order valence-electron chi connectivity index (χ1n) is 6.45. The molecule has 0 aromatic carbocycles. The molecule has 0 aliphatic heterocycles. The van der Waals surface area contributed by atoms with Crippen molar-refractivity contribution in [1.29, 1.82) is 0 Å². The van der Waals surface area contributed by atoms with Gasteiger partial charge in [0.1, 0.15) is 6.10 Å². The number of ether oxygens (including phenoxy) is 1. The first-order chi connectivity index (χ1) is 8.35. The Bertz CT molecular complexity index is 334. The molecule has 1 heterocycles. The van der Waals surface area contributed by atoms with Crippen molar-refractivity contribution >= 4 is 6.01 Å². The Labute approximate surface area is 102 Å². The quantitative estimate of drug-likeness (QED) is 0.856. The summed E-state index contributed by atoms with van der Waals surface area (Å²) in [5.41, 5.74) is 0. The van der Waals surface area contributed by atoms with Crippen LogP contribution in [0.4, 0.5) is 6.01 Å². The molecule has 1 N–H and O–H groups in total. The Balaban J connectivity index is 2.04. The minimum Gasteiger partial charge on any atom is -0.373 e. The van der Waals surface area contributed by atoms with Crippen LogP contribution in [0.3, 0.4) is 0 Å². The maximum absolute atomic E-state index is 5.55. The third-order valence-electron chi connectivity index (χ3n) is 3.36. The summed E-state index contributed by atoms with van der Waals surface area (Å²) in [7, 11) is 1.72. The lowest BCUT2D eigenvalue weighted by Crippen LogP contribution is -2.19. The summed E-state index contributed by atoms with van der Waals surface area (Å²) < 4.78 is 10.7. The van der Waals surface area contributed by atoms with E-state index < -0.39 is 0 Å². The highest BCUT2D eigenvalue weighted by Crippen LogP contribution is 2.35. The maximum atomic E-state index is 5.55. The van der Waals surface area contributed by atoms with Gasteiger partial charge in [0.05, 0.1) is 0 Å². The van der Waals surface area contributed by atoms with Gasteiger partial charge in [0.15, 0.2) is 0 Å². The van der Waals surface area contributed by atoms with E-state index in [-0.39, 0.29) is 6.10 Å². The summed E-state index contributed by atoms with van der Waals surface area (Å²) in [6.45, 7) is 2.78. The number of anilines is 1. The van der Waals surface area contributed by atoms with Crippen LogP contribution < -0.4 is 5.32 Å². The lowest BCUT2D eigenvalue weighted by atomic mass is 9.85. The molecule has 0 saturated heterocycles. The van der Waals surface area contributed by atoms with Gasteiger partial charge >= 0.3 is 6.01 Å². The first kappa shape index (κ1) is 12.4. The van der Waals surface area contributed by atoms with Crippen LogP contribution in [0.5, 0.6) is 0 Å². The third-order valence-corrected chi connectivity index (χ3v) is 3.36. The lowest BCUT2D eigenvalue weighted by molar-refractivity contribution is 0.0274. The average molecular weight is 239 g/mol. The van der Waals surface area contributed by atoms with E-state index in [9.17, 15) is 0 Å². The molecule has 96 valence electrons. The fourth-order valence-electron chi connectivity index (χ4n) is 2.52. The molecule has 0 spiro atoms. The standard InChI is InChI=1S/C12H21N3O2/c1-3-13-12-14-11(15-17-12)10(16-2)9-7-5-4-6-8-9/h9-10H,3-8H2,1-2H3,(H,13,14,15). The van der Waals surface area contributed by atoms with Crippen molar-refractivity contribution in [1.82, 2.24) is 10.1 Å². The molecule has 0 amide bonds. The predicted octanol–water partition coefficient (Wildman–Crippen LogP) is 2.77. The number of aromatic nitrogens is 2. The van der Waals surface area contributed by atoms with Crippen LogP contribution in [-0.4, -0.2) is 23.8 Å². The molecule has 0 bridgehead atoms. The highest BCUT2D eigenvalue weighted by atomic mass is 16.5. The summed E-state index contributed by atoms with van der Waals surface area (Å²) in [5.74, 6) is 1.20. The summed E-state index contributed by atoms with van der Waals surface area (Å²) in [5, 5.41) is 7.02. The van der Waals surface area contributed by atoms with E-state index >= 15 is 0 Å². The largest absolute Gasteiger partial charge is 0.373 e. The molecule has 5 nitrogen and oxygen atoms in total. The van der Waals surface area contributed by atoms with Crippen molar-refractivity contribution in [3.63, 3.8) is 0 Å². The summed E-state index contributed by atoms with van der Waals surface area (Å²) in [6.07, 6.45) is 6.27. The van der Waals surface area contributed by atoms with Gasteiger partial charge in [0.25, 0.3) is 0 Å². The molecule has 1 aromatic heterocycles. The second-order valence-corrected chi connectivity index (χ2v) is 4.54. The van der Waals surface area contributed by atoms with Gasteiger partial charge in [0, 0.05) is 13.7 Å². The summed E-state index contributed by atoms with van der Waals surface area (Å²) >= 11 is 0. The molecule has 0 radical (unpaired) electrons. The van der Waals surface area contributed by atoms with Crippen molar-refractivity contribution in [3.05, 3.63) is 5.82 Å². The fraction of sp³-hybridized carbons (Fsp3) is 0.833. The molecule has 1 aromatic rings. The monoisotopic (exact) mass is 239 g/mol. The zero-order valence-corrected chi connectivity index (χ0v) is 10.6. The molecular weight excluding hydrogens is 218 g/mol. The van der Waals surface area contributed by atoms with Crippen LogP contribution in [0, 0.1) is 5.92 Å². The first-order valence-corrected chi connectivity index (χ1v) is 6.45. The minimum atomic E-state index is -0.0218. The van der Waals surface area contributed by atoms with E-state index in [2.05, 4.69) is 15.5 Å². The van der Waals surface area contributed by atoms with Crippen LogP contribution in [-0.2, 0) is 4.74 Å². The van der Waals surface area contributed by atoms with Gasteiger partial charge in [-0.2, -0.15) is 4.98 Å². The van der Waals surface area contributed by atoms with Gasteiger partial charge in [-0.15, -0.1) is 0 Å². The molecule has 1 aliphatic rings. The number of methoxy groups -OCH3 is 1. The number of rotatable bonds is 5. The van der Waals surface area contributed by atoms with Crippen molar-refractivity contribution < 1.29 is 9.26 Å². The minimum absolute atomic E-state index is 0.0218. The summed E-state index contributed by atoms with van der Waals surface area (Å²) in [6, 6.07) is 0.486. The SMILES string of the molecule is CCNc1nc(C(OC)C2CCCCC2)no1. The smallest absolute Gasteiger partial charge is 0.321 e. The van der Waals surface area contributed by atoms with Crippen LogP contribution in [0.15, 0.2) is 4.52 Å². The zero-order valence-electron chi connectivity index (χ0n) is 10.6. The van der Waals surface area contributed by atoms with Crippen molar-refractivity contribution in [2.45, 2.75) is 45.1 Å². The average Bonchev–Trinajstić information content (AvgIpc) is 2.81. The Morgan fingerprint density at radius 2 is 2.18 bits per heavy atom. The topological polar surface area (TPSA) is 60.2 Å². The van der Waals surface area contributed by atoms with E-state index in [1.807, 2.05) is 6.92 Å². The Kier molecular flexibility index (Phi) is 4.36. The fourth-order valence-corrected chi connectivity index (χ4v) is 2.52. The van der Waals surface area contributed by atoms with Gasteiger partial charge in [-0.05, 0) is 25.7 Å². The third kappa shape index (κ3) is 2.97. The molecule has 2 rings (SSSR count). The molecule has 1 aliphatic carbocycles. The van der Waals surface area contributed by atoms with Gasteiger partial charge in [-0.1, -0.05) is 24.4 Å². The van der Waals surface area contributed by atoms with Gasteiger partial charge in [-0.25, -0.2) is 0 Å². The lowest BCUT2D eigenvalue weighted by Gasteiger charge is -2.26. The van der Waals surface area contributed by atoms with Gasteiger partial charge in [-0.3, -0.25) is 0 Å². The molecule has 1 fully saturated rings. The summed E-state index contributed by atoms with van der Waals surface area (Å²) in [4.78, 5) is 4.33. The molecule has 1 atom stereocenters.